The van der Waals surface area contributed by atoms with Crippen LogP contribution in [0.3, 0.4) is 0 Å². The molecule has 2 aromatic carbocycles. The van der Waals surface area contributed by atoms with E-state index in [1.165, 1.54) is 25.3 Å². The minimum atomic E-state index is -2.01. The molecule has 1 fully saturated rings. The molecule has 0 saturated heterocycles. The zero-order valence-electron chi connectivity index (χ0n) is 67.6. The van der Waals surface area contributed by atoms with Gasteiger partial charge in [0.1, 0.15) is 11.4 Å². The Morgan fingerprint density at radius 3 is 1.79 bits per heavy atom. The molecule has 27 heteroatoms. The molecule has 0 spiro atoms. The molecule has 1 saturated carbocycles. The third-order valence-electron chi connectivity index (χ3n) is 18.2. The summed E-state index contributed by atoms with van der Waals surface area (Å²) in [4.78, 5) is 63.7. The Bertz CT molecular complexity index is 3680. The number of benzene rings is 2. The molecule has 0 radical (unpaired) electrons. The zero-order valence-corrected chi connectivity index (χ0v) is 66.6. The molecule has 4 atom stereocenters. The van der Waals surface area contributed by atoms with E-state index in [0.717, 1.165) is 129 Å². The topological polar surface area (TPSA) is 301 Å². The maximum atomic E-state index is 16.0. The van der Waals surface area contributed by atoms with E-state index in [-0.39, 0.29) is 79.1 Å². The van der Waals surface area contributed by atoms with Crippen LogP contribution in [0.2, 0.25) is 13.6 Å². The Kier molecular flexibility index (Phi) is 36.3. The largest absolute Gasteiger partial charge is 0.454 e. The van der Waals surface area contributed by atoms with Crippen molar-refractivity contribution in [2.45, 2.75) is 296 Å². The van der Waals surface area contributed by atoms with E-state index in [0.29, 0.717) is 86.3 Å². The molecule has 6 aromatic rings. The van der Waals surface area contributed by atoms with Crippen LogP contribution in [0.25, 0.3) is 22.5 Å². The number of alkyl carbamates (subject to hydrolysis) is 1. The summed E-state index contributed by atoms with van der Waals surface area (Å²) in [5, 5.41) is 56.6. The van der Waals surface area contributed by atoms with Crippen molar-refractivity contribution in [2.24, 2.45) is 41.4 Å². The summed E-state index contributed by atoms with van der Waals surface area (Å²) >= 11 is 0. The minimum Gasteiger partial charge on any atom is -0.454 e. The summed E-state index contributed by atoms with van der Waals surface area (Å²) in [7, 11) is 0.333. The van der Waals surface area contributed by atoms with Crippen molar-refractivity contribution in [3.8, 4) is 22.5 Å². The fourth-order valence-corrected chi connectivity index (χ4v) is 13.4. The van der Waals surface area contributed by atoms with Crippen molar-refractivity contribution in [2.75, 3.05) is 11.5 Å². The quantitative estimate of drug-likeness (QED) is 0.0263. The van der Waals surface area contributed by atoms with Gasteiger partial charge < -0.3 is 30.6 Å². The van der Waals surface area contributed by atoms with E-state index in [9.17, 15) is 24.0 Å². The van der Waals surface area contributed by atoms with Crippen molar-refractivity contribution < 1.29 is 38.1 Å². The van der Waals surface area contributed by atoms with E-state index in [2.05, 4.69) is 131 Å². The van der Waals surface area contributed by atoms with Crippen LogP contribution in [-0.4, -0.2) is 135 Å². The number of ketones is 1. The van der Waals surface area contributed by atoms with Crippen LogP contribution in [0, 0.1) is 46.7 Å². The molecule has 105 heavy (non-hydrogen) atoms. The van der Waals surface area contributed by atoms with Crippen molar-refractivity contribution in [3.63, 3.8) is 0 Å². The monoisotopic (exact) mass is 1460 g/mol. The van der Waals surface area contributed by atoms with Gasteiger partial charge in [-0.2, -0.15) is 0 Å². The second-order valence-electron chi connectivity index (χ2n) is 31.1. The smallest absolute Gasteiger partial charge is 0.407 e. The van der Waals surface area contributed by atoms with Gasteiger partial charge in [0.25, 0.3) is 7.45 Å². The van der Waals surface area contributed by atoms with Crippen LogP contribution in [0.4, 0.5) is 14.9 Å². The molecule has 24 nitrogen and oxygen atoms in total. The fraction of sp³-hybridized carbons (Fsp3) is 0.679. The van der Waals surface area contributed by atoms with Crippen molar-refractivity contribution >= 4 is 49.8 Å². The third-order valence-corrected chi connectivity index (χ3v) is 18.2. The average molecular weight is 1460 g/mol. The Morgan fingerprint density at radius 2 is 1.19 bits per heavy atom. The number of Topliss-reactive ketones (excluding diaryl/α,β-unsaturated/α-hetero) is 1. The van der Waals surface area contributed by atoms with E-state index in [1.54, 1.807) is 16.4 Å². The second-order valence-corrected chi connectivity index (χ2v) is 31.1. The predicted molar refractivity (Wildman–Crippen MR) is 415 cm³/mol. The van der Waals surface area contributed by atoms with Crippen LogP contribution in [0.15, 0.2) is 54.7 Å². The van der Waals surface area contributed by atoms with Crippen LogP contribution in [0.1, 0.15) is 241 Å². The summed E-state index contributed by atoms with van der Waals surface area (Å²) in [5.74, 6) is 3.87. The molecular formula is C78H126B2FN17O7. The van der Waals surface area contributed by atoms with Gasteiger partial charge in [-0.3, -0.25) is 23.9 Å². The summed E-state index contributed by atoms with van der Waals surface area (Å²) in [6, 6.07) is 16.3. The van der Waals surface area contributed by atoms with E-state index in [1.807, 2.05) is 106 Å². The summed E-state index contributed by atoms with van der Waals surface area (Å²) in [5.41, 5.74) is 8.11. The van der Waals surface area contributed by atoms with Gasteiger partial charge in [0.15, 0.2) is 5.78 Å². The van der Waals surface area contributed by atoms with Crippen LogP contribution < -0.4 is 20.9 Å². The maximum absolute atomic E-state index is 16.0. The molecule has 4 aliphatic rings. The van der Waals surface area contributed by atoms with Crippen LogP contribution in [-0.2, 0) is 81.6 Å². The van der Waals surface area contributed by atoms with Gasteiger partial charge in [0, 0.05) is 88.6 Å². The number of aryl methyl sites for hydroxylation is 1. The number of hydrogen-bond donors (Lipinski definition) is 5. The number of carbonyl (C=O) groups excluding carboxylic acids is 5. The number of para-hydroxylation sites is 1. The molecule has 4 amide bonds. The number of ether oxygens (including phenoxy) is 1. The van der Waals surface area contributed by atoms with Crippen molar-refractivity contribution in [1.82, 2.24) is 75.9 Å². The first kappa shape index (κ1) is 86.1. The molecule has 5 N–H and O–H groups in total. The molecular weight excluding hydrogens is 1330 g/mol. The first-order valence-electron chi connectivity index (χ1n) is 39.3. The molecule has 4 aromatic heterocycles. The number of halogens is 1. The van der Waals surface area contributed by atoms with Gasteiger partial charge in [0.05, 0.1) is 47.3 Å². The molecule has 578 valence electrons. The molecule has 1 unspecified atom stereocenters. The summed E-state index contributed by atoms with van der Waals surface area (Å²) in [6.07, 6.45) is 13.8. The number of carbonyl (C=O) groups is 5. The second kappa shape index (κ2) is 44.3. The summed E-state index contributed by atoms with van der Waals surface area (Å²) < 4.78 is 35.3. The zero-order chi connectivity index (χ0) is 78.4. The van der Waals surface area contributed by atoms with Gasteiger partial charge in [-0.25, -0.2) is 23.2 Å². The van der Waals surface area contributed by atoms with Gasteiger partial charge >= 0.3 is 25.3 Å². The SMILES string of the molecule is CB=N.CC(C)Cn1cc(C(C)C)nn1.CC(C)Cn1nnc2c1-c1ccccc1N(C(=O)CCC(=O)NC(C)C)Cc1ccccc1-2.CC(C)Cn1nnc2c1CCCCCC2(F)C(=O)CCCCCCC(=O)NC(C)C.CC(C)Cn1nnc2c1CC[C@H]1[C@@H](CC2)[C@H]1COC(=O)NC(C)C.[2H]B(C)O. The van der Waals surface area contributed by atoms with Crippen LogP contribution in [0.5, 0.6) is 0 Å². The van der Waals surface area contributed by atoms with Crippen LogP contribution >= 0.6 is 0 Å². The number of nitrogens with one attached hydrogen (secondary N) is 4. The van der Waals surface area contributed by atoms with E-state index >= 15 is 4.39 Å². The Hall–Kier alpha value is -7.83. The van der Waals surface area contributed by atoms with Gasteiger partial charge in [0.2, 0.25) is 23.4 Å². The Balaban J connectivity index is 0.000000256. The van der Waals surface area contributed by atoms with E-state index < -0.39 is 13.1 Å². The molecule has 1 aliphatic heterocycles. The number of hydrogen-bond acceptors (Lipinski definition) is 16. The number of rotatable bonds is 25. The molecule has 10 rings (SSSR count). The van der Waals surface area contributed by atoms with Crippen molar-refractivity contribution in [3.05, 3.63) is 88.8 Å². The number of aromatic nitrogens is 12. The minimum absolute atomic E-state index is 0.0501. The van der Waals surface area contributed by atoms with Gasteiger partial charge in [-0.05, 0) is 165 Å². The number of alkyl halides is 1. The maximum Gasteiger partial charge on any atom is 0.407 e. The molecule has 3 aliphatic carbocycles. The average Bonchev–Trinajstić information content (AvgIpc) is 1.66. The Morgan fingerprint density at radius 1 is 0.648 bits per heavy atom. The first-order valence-corrected chi connectivity index (χ1v) is 38.7. The molecule has 5 heterocycles. The Labute approximate surface area is 627 Å². The van der Waals surface area contributed by atoms with Crippen molar-refractivity contribution in [1.29, 1.82) is 6.65 Å². The van der Waals surface area contributed by atoms with Gasteiger partial charge in [-0.15, -0.1) is 20.4 Å². The predicted octanol–water partition coefficient (Wildman–Crippen LogP) is 13.8. The fourth-order valence-electron chi connectivity index (χ4n) is 13.4. The third kappa shape index (κ3) is 28.1. The van der Waals surface area contributed by atoms with Gasteiger partial charge in [-0.1, -0.05) is 159 Å². The number of fused-ring (bicyclic) bond motifs is 8. The molecule has 0 bridgehead atoms. The summed E-state index contributed by atoms with van der Waals surface area (Å²) in [6.45, 7) is 40.5. The standard InChI is InChI=1S/C26H31N5O2.C23H39FN4O2.C18H30N4O2.C9H17N3.CH4BN.CH5BO/c1-17(2)15-31-26-21-11-7-8-12-22(21)30(24(33)14-13-23(32)27-18(3)4)16-19-9-5-6-10-20(19)25(26)28-29-31;1-17(2)16-28-19-12-8-7-11-15-23(24,22(19)26-27-28)20(29)13-9-5-6-10-14-21(30)25-18(3)4;1-11(2)9-22-17-8-6-14-13(5-7-16(17)20-21-22)15(14)10-24-18(23)19-12(3)4;1-7(2)5-12-6-9(8(3)4)10-11-12;2*1-2-3/h5-12,17-18H,13-16H2,1-4H3,(H,27,32);17-18H,5-16H2,1-4H3,(H,25,30);11-15H,5-10H2,1-4H3,(H,19,23);6-8H,5H2,1-4H3;3H,1H3;2-3H,1H3/t;;13-,14+,15-;;;/m..1.../s1/i;;;;;2D. The normalized spacial score (nSPS) is 17.0. The first-order chi connectivity index (χ1) is 50.3. The number of amides is 4. The number of nitrogens with zero attached hydrogens (tertiary/aromatic N) is 13. The number of anilines is 1. The number of unbranched alkanes of at least 4 members (excludes halogenated alkanes) is 3. The van der Waals surface area contributed by atoms with E-state index in [4.69, 9.17) is 16.4 Å².